The number of aliphatic hydroxyl groups is 1. The molecule has 116 valence electrons. The van der Waals surface area contributed by atoms with Crippen LogP contribution >= 0.6 is 0 Å². The Labute approximate surface area is 127 Å². The molecule has 1 aliphatic rings. The van der Waals surface area contributed by atoms with Crippen molar-refractivity contribution in [2.45, 2.75) is 38.7 Å². The molecular formula is C17H26N2O2. The SMILES string of the molecule is CCCCN(C)c1ccc(C(=O)N2CCCC(O)C2)cc1. The van der Waals surface area contributed by atoms with Crippen molar-refractivity contribution in [2.24, 2.45) is 0 Å². The number of β-amino-alcohol motifs (C(OH)–C–C–N with tert-alkyl or cyclic N) is 1. The summed E-state index contributed by atoms with van der Waals surface area (Å²) in [5, 5.41) is 9.67. The summed E-state index contributed by atoms with van der Waals surface area (Å²) in [7, 11) is 2.08. The fourth-order valence-corrected chi connectivity index (χ4v) is 2.70. The maximum atomic E-state index is 12.4. The lowest BCUT2D eigenvalue weighted by atomic mass is 10.1. The van der Waals surface area contributed by atoms with Gasteiger partial charge in [0.2, 0.25) is 0 Å². The zero-order valence-electron chi connectivity index (χ0n) is 13.1. The Kier molecular flexibility index (Phi) is 5.62. The van der Waals surface area contributed by atoms with Crippen LogP contribution in [0.3, 0.4) is 0 Å². The van der Waals surface area contributed by atoms with E-state index >= 15 is 0 Å². The van der Waals surface area contributed by atoms with E-state index in [4.69, 9.17) is 0 Å². The third-order valence-corrected chi connectivity index (χ3v) is 4.09. The van der Waals surface area contributed by atoms with Crippen LogP contribution in [0.2, 0.25) is 0 Å². The van der Waals surface area contributed by atoms with E-state index in [-0.39, 0.29) is 12.0 Å². The second kappa shape index (κ2) is 7.46. The first kappa shape index (κ1) is 15.8. The van der Waals surface area contributed by atoms with E-state index in [1.54, 1.807) is 4.90 Å². The van der Waals surface area contributed by atoms with Gasteiger partial charge in [-0.15, -0.1) is 0 Å². The van der Waals surface area contributed by atoms with Crippen LogP contribution in [0.15, 0.2) is 24.3 Å². The van der Waals surface area contributed by atoms with Gasteiger partial charge in [0.15, 0.2) is 0 Å². The molecule has 1 aromatic rings. The second-order valence-electron chi connectivity index (χ2n) is 5.87. The highest BCUT2D eigenvalue weighted by molar-refractivity contribution is 5.94. The molecule has 1 saturated heterocycles. The van der Waals surface area contributed by atoms with E-state index in [1.165, 1.54) is 12.8 Å². The average molecular weight is 290 g/mol. The Morgan fingerprint density at radius 3 is 2.71 bits per heavy atom. The third-order valence-electron chi connectivity index (χ3n) is 4.09. The van der Waals surface area contributed by atoms with Crippen molar-refractivity contribution in [1.82, 2.24) is 4.90 Å². The quantitative estimate of drug-likeness (QED) is 0.906. The number of unbranched alkanes of at least 4 members (excludes halogenated alkanes) is 1. The number of carbonyl (C=O) groups is 1. The standard InChI is InChI=1S/C17H26N2O2/c1-3-4-11-18(2)15-9-7-14(8-10-15)17(21)19-12-5-6-16(20)13-19/h7-10,16,20H,3-6,11-13H2,1-2H3. The highest BCUT2D eigenvalue weighted by Gasteiger charge is 2.22. The third kappa shape index (κ3) is 4.21. The molecule has 0 spiro atoms. The topological polar surface area (TPSA) is 43.8 Å². The molecule has 1 fully saturated rings. The van der Waals surface area contributed by atoms with Crippen molar-refractivity contribution in [1.29, 1.82) is 0 Å². The van der Waals surface area contributed by atoms with Crippen LogP contribution in [0, 0.1) is 0 Å². The van der Waals surface area contributed by atoms with Crippen LogP contribution in [-0.4, -0.2) is 48.7 Å². The minimum Gasteiger partial charge on any atom is -0.391 e. The van der Waals surface area contributed by atoms with E-state index in [0.29, 0.717) is 12.1 Å². The normalized spacial score (nSPS) is 18.6. The van der Waals surface area contributed by atoms with Gasteiger partial charge in [0.1, 0.15) is 0 Å². The molecule has 0 radical (unpaired) electrons. The van der Waals surface area contributed by atoms with E-state index in [1.807, 2.05) is 24.3 Å². The van der Waals surface area contributed by atoms with E-state index in [9.17, 15) is 9.90 Å². The zero-order valence-corrected chi connectivity index (χ0v) is 13.1. The Morgan fingerprint density at radius 1 is 1.38 bits per heavy atom. The molecule has 1 atom stereocenters. The maximum Gasteiger partial charge on any atom is 0.253 e. The number of piperidine rings is 1. The average Bonchev–Trinajstić information content (AvgIpc) is 2.52. The van der Waals surface area contributed by atoms with Crippen molar-refractivity contribution >= 4 is 11.6 Å². The largest absolute Gasteiger partial charge is 0.391 e. The van der Waals surface area contributed by atoms with E-state index in [2.05, 4.69) is 18.9 Å². The Morgan fingerprint density at radius 2 is 2.10 bits per heavy atom. The fourth-order valence-electron chi connectivity index (χ4n) is 2.70. The van der Waals surface area contributed by atoms with Crippen molar-refractivity contribution in [3.8, 4) is 0 Å². The predicted molar refractivity (Wildman–Crippen MR) is 85.8 cm³/mol. The molecule has 1 amide bonds. The first-order chi connectivity index (χ1) is 10.1. The van der Waals surface area contributed by atoms with Crippen molar-refractivity contribution in [2.75, 3.05) is 31.6 Å². The first-order valence-electron chi connectivity index (χ1n) is 7.90. The summed E-state index contributed by atoms with van der Waals surface area (Å²) in [6.07, 6.45) is 3.65. The molecule has 4 nitrogen and oxygen atoms in total. The van der Waals surface area contributed by atoms with Crippen LogP contribution in [0.25, 0.3) is 0 Å². The molecule has 0 aliphatic carbocycles. The van der Waals surface area contributed by atoms with Gasteiger partial charge in [-0.3, -0.25) is 4.79 Å². The van der Waals surface area contributed by atoms with Gasteiger partial charge in [-0.2, -0.15) is 0 Å². The number of amides is 1. The number of nitrogens with zero attached hydrogens (tertiary/aromatic N) is 2. The number of carbonyl (C=O) groups excluding carboxylic acids is 1. The first-order valence-corrected chi connectivity index (χ1v) is 7.90. The van der Waals surface area contributed by atoms with Gasteiger partial charge < -0.3 is 14.9 Å². The van der Waals surface area contributed by atoms with Crippen LogP contribution < -0.4 is 4.90 Å². The highest BCUT2D eigenvalue weighted by atomic mass is 16.3. The molecule has 0 bridgehead atoms. The summed E-state index contributed by atoms with van der Waals surface area (Å²) in [5.41, 5.74) is 1.84. The lowest BCUT2D eigenvalue weighted by molar-refractivity contribution is 0.0474. The molecule has 2 rings (SSSR count). The maximum absolute atomic E-state index is 12.4. The van der Waals surface area contributed by atoms with Crippen molar-refractivity contribution < 1.29 is 9.90 Å². The summed E-state index contributed by atoms with van der Waals surface area (Å²) in [4.78, 5) is 16.4. The number of likely N-dealkylation sites (tertiary alicyclic amines) is 1. The number of hydrogen-bond acceptors (Lipinski definition) is 3. The van der Waals surface area contributed by atoms with Gasteiger partial charge in [0.25, 0.3) is 5.91 Å². The highest BCUT2D eigenvalue weighted by Crippen LogP contribution is 2.18. The van der Waals surface area contributed by atoms with Gasteiger partial charge in [0.05, 0.1) is 6.10 Å². The van der Waals surface area contributed by atoms with Crippen molar-refractivity contribution in [3.63, 3.8) is 0 Å². The smallest absolute Gasteiger partial charge is 0.253 e. The van der Waals surface area contributed by atoms with Crippen LogP contribution in [0.1, 0.15) is 43.0 Å². The van der Waals surface area contributed by atoms with E-state index in [0.717, 1.165) is 31.6 Å². The number of rotatable bonds is 5. The Hall–Kier alpha value is -1.55. The molecule has 4 heteroatoms. The summed E-state index contributed by atoms with van der Waals surface area (Å²) < 4.78 is 0. The molecule has 0 aromatic heterocycles. The van der Waals surface area contributed by atoms with Crippen LogP contribution in [0.4, 0.5) is 5.69 Å². The van der Waals surface area contributed by atoms with Gasteiger partial charge >= 0.3 is 0 Å². The number of anilines is 1. The zero-order chi connectivity index (χ0) is 15.2. The summed E-state index contributed by atoms with van der Waals surface area (Å²) >= 11 is 0. The Bertz CT molecular complexity index is 458. The number of hydrogen-bond donors (Lipinski definition) is 1. The van der Waals surface area contributed by atoms with Gasteiger partial charge in [0, 0.05) is 37.9 Å². The molecular weight excluding hydrogens is 264 g/mol. The summed E-state index contributed by atoms with van der Waals surface area (Å²) in [6.45, 7) is 4.41. The summed E-state index contributed by atoms with van der Waals surface area (Å²) in [5.74, 6) is 0.0245. The predicted octanol–water partition coefficient (Wildman–Crippen LogP) is 2.52. The molecule has 1 aliphatic heterocycles. The van der Waals surface area contributed by atoms with Gasteiger partial charge in [-0.05, 0) is 43.5 Å². The molecule has 1 unspecified atom stereocenters. The van der Waals surface area contributed by atoms with E-state index < -0.39 is 0 Å². The number of benzene rings is 1. The van der Waals surface area contributed by atoms with Crippen molar-refractivity contribution in [3.05, 3.63) is 29.8 Å². The minimum atomic E-state index is -0.373. The molecule has 1 N–H and O–H groups in total. The molecule has 1 aromatic carbocycles. The summed E-state index contributed by atoms with van der Waals surface area (Å²) in [6, 6.07) is 7.79. The number of aliphatic hydroxyl groups excluding tert-OH is 1. The second-order valence-corrected chi connectivity index (χ2v) is 5.87. The van der Waals surface area contributed by atoms with Gasteiger partial charge in [-0.1, -0.05) is 13.3 Å². The fraction of sp³-hybridized carbons (Fsp3) is 0.588. The molecule has 0 saturated carbocycles. The minimum absolute atomic E-state index is 0.0245. The lowest BCUT2D eigenvalue weighted by Gasteiger charge is -2.30. The molecule has 1 heterocycles. The molecule has 21 heavy (non-hydrogen) atoms. The van der Waals surface area contributed by atoms with Crippen LogP contribution in [-0.2, 0) is 0 Å². The van der Waals surface area contributed by atoms with Crippen LogP contribution in [0.5, 0.6) is 0 Å². The van der Waals surface area contributed by atoms with Gasteiger partial charge in [-0.25, -0.2) is 0 Å². The monoisotopic (exact) mass is 290 g/mol. The lowest BCUT2D eigenvalue weighted by Crippen LogP contribution is -2.42. The Balaban J connectivity index is 1.99.